The number of amides is 1. The summed E-state index contributed by atoms with van der Waals surface area (Å²) in [6.07, 6.45) is 0. The number of likely N-dealkylation sites (N-methyl/N-ethyl adjacent to an activating group) is 1. The molecule has 0 fully saturated rings. The Morgan fingerprint density at radius 2 is 2.05 bits per heavy atom. The summed E-state index contributed by atoms with van der Waals surface area (Å²) in [5, 5.41) is 5.99. The SMILES string of the molecule is CCNC(=NCc1cc(F)ccc1Br)NCC(=O)N(C)C.I. The Bertz CT molecular complexity index is 526. The summed E-state index contributed by atoms with van der Waals surface area (Å²) < 4.78 is 14.0. The van der Waals surface area contributed by atoms with E-state index in [4.69, 9.17) is 0 Å². The second kappa shape index (κ2) is 10.8. The molecule has 1 rings (SSSR count). The van der Waals surface area contributed by atoms with Crippen molar-refractivity contribution >= 4 is 51.8 Å². The van der Waals surface area contributed by atoms with Crippen LogP contribution < -0.4 is 10.6 Å². The lowest BCUT2D eigenvalue weighted by atomic mass is 10.2. The van der Waals surface area contributed by atoms with Gasteiger partial charge in [-0.15, -0.1) is 24.0 Å². The van der Waals surface area contributed by atoms with Crippen LogP contribution in [0.3, 0.4) is 0 Å². The zero-order valence-electron chi connectivity index (χ0n) is 12.8. The molecule has 1 aromatic rings. The lowest BCUT2D eigenvalue weighted by Crippen LogP contribution is -2.42. The van der Waals surface area contributed by atoms with E-state index >= 15 is 0 Å². The van der Waals surface area contributed by atoms with E-state index in [9.17, 15) is 9.18 Å². The van der Waals surface area contributed by atoms with E-state index in [-0.39, 0.29) is 42.2 Å². The highest BCUT2D eigenvalue weighted by molar-refractivity contribution is 14.0. The highest BCUT2D eigenvalue weighted by Gasteiger charge is 2.06. The van der Waals surface area contributed by atoms with Gasteiger partial charge in [-0.05, 0) is 30.7 Å². The van der Waals surface area contributed by atoms with Crippen LogP contribution in [0.15, 0.2) is 27.7 Å². The van der Waals surface area contributed by atoms with Crippen LogP contribution in [-0.4, -0.2) is 44.0 Å². The number of nitrogens with zero attached hydrogens (tertiary/aromatic N) is 2. The van der Waals surface area contributed by atoms with Crippen molar-refractivity contribution in [2.24, 2.45) is 4.99 Å². The molecular formula is C14H21BrFIN4O. The minimum Gasteiger partial charge on any atom is -0.357 e. The van der Waals surface area contributed by atoms with Crippen molar-refractivity contribution in [1.82, 2.24) is 15.5 Å². The molecule has 2 N–H and O–H groups in total. The van der Waals surface area contributed by atoms with Gasteiger partial charge in [-0.3, -0.25) is 4.79 Å². The number of rotatable bonds is 5. The van der Waals surface area contributed by atoms with Crippen LogP contribution in [0.4, 0.5) is 4.39 Å². The molecule has 0 atom stereocenters. The van der Waals surface area contributed by atoms with Crippen molar-refractivity contribution in [2.45, 2.75) is 13.5 Å². The summed E-state index contributed by atoms with van der Waals surface area (Å²) in [7, 11) is 3.38. The van der Waals surface area contributed by atoms with Crippen LogP contribution in [0.2, 0.25) is 0 Å². The first-order chi connectivity index (χ1) is 9.93. The Balaban J connectivity index is 0.00000441. The average Bonchev–Trinajstić information content (AvgIpc) is 2.44. The Labute approximate surface area is 155 Å². The van der Waals surface area contributed by atoms with E-state index in [1.165, 1.54) is 17.0 Å². The van der Waals surface area contributed by atoms with Crippen molar-refractivity contribution in [1.29, 1.82) is 0 Å². The number of hydrogen-bond acceptors (Lipinski definition) is 2. The molecule has 0 aliphatic rings. The standard InChI is InChI=1S/C14H20BrFN4O.HI/c1-4-17-14(19-9-13(21)20(2)3)18-8-10-7-11(16)5-6-12(10)15;/h5-7H,4,8-9H2,1-3H3,(H2,17,18,19);1H. The van der Waals surface area contributed by atoms with Gasteiger partial charge in [-0.2, -0.15) is 0 Å². The lowest BCUT2D eigenvalue weighted by Gasteiger charge is -2.14. The minimum atomic E-state index is -0.302. The summed E-state index contributed by atoms with van der Waals surface area (Å²) in [6, 6.07) is 4.47. The van der Waals surface area contributed by atoms with Crippen LogP contribution in [0.25, 0.3) is 0 Å². The molecule has 0 radical (unpaired) electrons. The van der Waals surface area contributed by atoms with Crippen LogP contribution in [0, 0.1) is 5.82 Å². The topological polar surface area (TPSA) is 56.7 Å². The van der Waals surface area contributed by atoms with Gasteiger partial charge in [0.2, 0.25) is 5.91 Å². The molecule has 8 heteroatoms. The highest BCUT2D eigenvalue weighted by Crippen LogP contribution is 2.18. The Kier molecular flexibility index (Phi) is 10.3. The van der Waals surface area contributed by atoms with Crippen LogP contribution >= 0.6 is 39.9 Å². The molecule has 0 saturated heterocycles. The van der Waals surface area contributed by atoms with Crippen LogP contribution in [-0.2, 0) is 11.3 Å². The Hall–Kier alpha value is -0.900. The molecule has 0 heterocycles. The number of guanidine groups is 1. The zero-order valence-corrected chi connectivity index (χ0v) is 16.7. The molecule has 5 nitrogen and oxygen atoms in total. The molecule has 0 aromatic heterocycles. The third-order valence-electron chi connectivity index (χ3n) is 2.67. The molecular weight excluding hydrogens is 466 g/mol. The number of benzene rings is 1. The van der Waals surface area contributed by atoms with Crippen molar-refractivity contribution < 1.29 is 9.18 Å². The largest absolute Gasteiger partial charge is 0.357 e. The van der Waals surface area contributed by atoms with Gasteiger partial charge in [0, 0.05) is 25.1 Å². The maximum atomic E-state index is 13.2. The highest BCUT2D eigenvalue weighted by atomic mass is 127. The molecule has 1 amide bonds. The summed E-state index contributed by atoms with van der Waals surface area (Å²) in [6.45, 7) is 3.07. The first-order valence-corrected chi connectivity index (χ1v) is 7.39. The lowest BCUT2D eigenvalue weighted by molar-refractivity contribution is -0.127. The fourth-order valence-electron chi connectivity index (χ4n) is 1.49. The number of nitrogens with one attached hydrogen (secondary N) is 2. The van der Waals surface area contributed by atoms with Gasteiger partial charge in [0.25, 0.3) is 0 Å². The third-order valence-corrected chi connectivity index (χ3v) is 3.44. The molecule has 0 aliphatic heterocycles. The molecule has 0 bridgehead atoms. The molecule has 0 unspecified atom stereocenters. The van der Waals surface area contributed by atoms with E-state index in [0.717, 1.165) is 10.0 Å². The normalized spacial score (nSPS) is 10.7. The summed E-state index contributed by atoms with van der Waals surface area (Å²) in [5.41, 5.74) is 0.742. The Morgan fingerprint density at radius 3 is 2.64 bits per heavy atom. The Morgan fingerprint density at radius 1 is 1.36 bits per heavy atom. The van der Waals surface area contributed by atoms with Gasteiger partial charge in [-0.1, -0.05) is 15.9 Å². The van der Waals surface area contributed by atoms with Gasteiger partial charge >= 0.3 is 0 Å². The number of carbonyl (C=O) groups excluding carboxylic acids is 1. The molecule has 124 valence electrons. The van der Waals surface area contributed by atoms with Gasteiger partial charge in [0.05, 0.1) is 13.1 Å². The predicted octanol–water partition coefficient (Wildman–Crippen LogP) is 2.35. The molecule has 0 spiro atoms. The fraction of sp³-hybridized carbons (Fsp3) is 0.429. The molecule has 0 saturated carbocycles. The smallest absolute Gasteiger partial charge is 0.241 e. The second-order valence-corrected chi connectivity index (χ2v) is 5.43. The van der Waals surface area contributed by atoms with Crippen molar-refractivity contribution in [2.75, 3.05) is 27.2 Å². The first-order valence-electron chi connectivity index (χ1n) is 6.60. The van der Waals surface area contributed by atoms with E-state index in [2.05, 4.69) is 31.6 Å². The van der Waals surface area contributed by atoms with Gasteiger partial charge in [-0.25, -0.2) is 9.38 Å². The first kappa shape index (κ1) is 21.1. The fourth-order valence-corrected chi connectivity index (χ4v) is 1.86. The molecule has 22 heavy (non-hydrogen) atoms. The van der Waals surface area contributed by atoms with Gasteiger partial charge in [0.1, 0.15) is 5.82 Å². The van der Waals surface area contributed by atoms with E-state index in [1.807, 2.05) is 6.92 Å². The maximum absolute atomic E-state index is 13.2. The summed E-state index contributed by atoms with van der Waals surface area (Å²) in [4.78, 5) is 17.4. The predicted molar refractivity (Wildman–Crippen MR) is 101 cm³/mol. The van der Waals surface area contributed by atoms with E-state index in [1.54, 1.807) is 20.2 Å². The molecule has 1 aromatic carbocycles. The number of carbonyl (C=O) groups is 1. The maximum Gasteiger partial charge on any atom is 0.241 e. The monoisotopic (exact) mass is 486 g/mol. The van der Waals surface area contributed by atoms with E-state index < -0.39 is 0 Å². The van der Waals surface area contributed by atoms with Gasteiger partial charge < -0.3 is 15.5 Å². The number of hydrogen-bond donors (Lipinski definition) is 2. The average molecular weight is 487 g/mol. The van der Waals surface area contributed by atoms with Crippen molar-refractivity contribution in [3.05, 3.63) is 34.1 Å². The van der Waals surface area contributed by atoms with Crippen LogP contribution in [0.5, 0.6) is 0 Å². The van der Waals surface area contributed by atoms with Crippen LogP contribution in [0.1, 0.15) is 12.5 Å². The van der Waals surface area contributed by atoms with Crippen molar-refractivity contribution in [3.8, 4) is 0 Å². The van der Waals surface area contributed by atoms with Gasteiger partial charge in [0.15, 0.2) is 5.96 Å². The molecule has 0 aliphatic carbocycles. The summed E-state index contributed by atoms with van der Waals surface area (Å²) >= 11 is 3.36. The zero-order chi connectivity index (χ0) is 15.8. The second-order valence-electron chi connectivity index (χ2n) is 4.57. The van der Waals surface area contributed by atoms with E-state index in [0.29, 0.717) is 19.0 Å². The third kappa shape index (κ3) is 7.39. The summed E-state index contributed by atoms with van der Waals surface area (Å²) in [5.74, 6) is 0.167. The quantitative estimate of drug-likeness (QED) is 0.381. The van der Waals surface area contributed by atoms with Crippen molar-refractivity contribution in [3.63, 3.8) is 0 Å². The minimum absolute atomic E-state index is 0. The number of aliphatic imine (C=N–C) groups is 1. The number of halogens is 3.